The van der Waals surface area contributed by atoms with E-state index < -0.39 is 0 Å². The minimum atomic E-state index is -0.0460. The lowest BCUT2D eigenvalue weighted by molar-refractivity contribution is -0.115. The monoisotopic (exact) mass is 283 g/mol. The number of para-hydroxylation sites is 2. The molecule has 108 valence electrons. The second-order valence-corrected chi connectivity index (χ2v) is 4.97. The van der Waals surface area contributed by atoms with Crippen LogP contribution in [-0.2, 0) is 4.79 Å². The molecule has 1 aliphatic rings. The summed E-state index contributed by atoms with van der Waals surface area (Å²) in [5.74, 6) is 2.16. The molecule has 6 heteroatoms. The molecule has 0 bridgehead atoms. The summed E-state index contributed by atoms with van der Waals surface area (Å²) in [7, 11) is 1.83. The van der Waals surface area contributed by atoms with Crippen LogP contribution in [0.1, 0.15) is 11.4 Å². The number of amides is 1. The average molecular weight is 283 g/mol. The molecule has 2 N–H and O–H groups in total. The van der Waals surface area contributed by atoms with Crippen LogP contribution >= 0.6 is 0 Å². The molecular weight excluding hydrogens is 266 g/mol. The smallest absolute Gasteiger partial charge is 0.244 e. The molecule has 1 aromatic carbocycles. The molecule has 0 fully saturated rings. The number of hydrogen-bond acceptors (Lipinski definition) is 5. The van der Waals surface area contributed by atoms with Gasteiger partial charge >= 0.3 is 0 Å². The molecule has 3 rings (SSSR count). The van der Waals surface area contributed by atoms with Crippen molar-refractivity contribution in [1.29, 1.82) is 0 Å². The Balaban J connectivity index is 2.17. The van der Waals surface area contributed by atoms with E-state index in [-0.39, 0.29) is 12.5 Å². The number of carbonyl (C=O) groups excluding carboxylic acids is 1. The highest BCUT2D eigenvalue weighted by Gasteiger charge is 2.26. The Labute approximate surface area is 123 Å². The Kier molecular flexibility index (Phi) is 3.21. The van der Waals surface area contributed by atoms with Crippen molar-refractivity contribution in [3.63, 3.8) is 0 Å². The average Bonchev–Trinajstić information content (AvgIpc) is 2.48. The van der Waals surface area contributed by atoms with E-state index in [0.29, 0.717) is 5.82 Å². The number of fused-ring (bicyclic) bond motifs is 1. The molecule has 2 heterocycles. The van der Waals surface area contributed by atoms with Crippen LogP contribution in [0.15, 0.2) is 24.3 Å². The van der Waals surface area contributed by atoms with Crippen LogP contribution in [0.4, 0.5) is 23.0 Å². The number of anilines is 4. The summed E-state index contributed by atoms with van der Waals surface area (Å²) in [6, 6.07) is 7.72. The lowest BCUT2D eigenvalue weighted by atomic mass is 10.1. The first kappa shape index (κ1) is 13.4. The summed E-state index contributed by atoms with van der Waals surface area (Å²) in [4.78, 5) is 22.8. The normalized spacial score (nSPS) is 13.7. The summed E-state index contributed by atoms with van der Waals surface area (Å²) in [6.45, 7) is 4.05. The highest BCUT2D eigenvalue weighted by Crippen LogP contribution is 2.36. The van der Waals surface area contributed by atoms with Gasteiger partial charge in [0.1, 0.15) is 24.0 Å². The van der Waals surface area contributed by atoms with E-state index in [2.05, 4.69) is 20.6 Å². The summed E-state index contributed by atoms with van der Waals surface area (Å²) in [5, 5.41) is 5.96. The molecule has 2 aromatic rings. The fraction of sp³-hybridized carbons (Fsp3) is 0.267. The third-order valence-electron chi connectivity index (χ3n) is 3.50. The van der Waals surface area contributed by atoms with Crippen molar-refractivity contribution in [3.05, 3.63) is 35.7 Å². The number of hydrogen-bond donors (Lipinski definition) is 2. The first-order chi connectivity index (χ1) is 10.1. The molecule has 6 nitrogen and oxygen atoms in total. The van der Waals surface area contributed by atoms with Crippen LogP contribution in [0, 0.1) is 13.8 Å². The number of aromatic nitrogens is 2. The van der Waals surface area contributed by atoms with Crippen molar-refractivity contribution in [2.24, 2.45) is 0 Å². The lowest BCUT2D eigenvalue weighted by Gasteiger charge is -2.31. The zero-order chi connectivity index (χ0) is 15.0. The molecule has 0 saturated heterocycles. The van der Waals surface area contributed by atoms with Gasteiger partial charge in [0, 0.05) is 12.6 Å². The van der Waals surface area contributed by atoms with E-state index in [4.69, 9.17) is 0 Å². The van der Waals surface area contributed by atoms with Gasteiger partial charge in [-0.25, -0.2) is 9.97 Å². The first-order valence-corrected chi connectivity index (χ1v) is 6.79. The number of nitrogens with one attached hydrogen (secondary N) is 2. The minimum Gasteiger partial charge on any atom is -0.373 e. The van der Waals surface area contributed by atoms with Crippen LogP contribution in [-0.4, -0.2) is 29.5 Å². The van der Waals surface area contributed by atoms with Gasteiger partial charge in [0.2, 0.25) is 5.91 Å². The number of rotatable bonds is 2. The van der Waals surface area contributed by atoms with Gasteiger partial charge in [-0.2, -0.15) is 0 Å². The lowest BCUT2D eigenvalue weighted by Crippen LogP contribution is -2.36. The molecule has 1 aliphatic heterocycles. The zero-order valence-electron chi connectivity index (χ0n) is 12.3. The van der Waals surface area contributed by atoms with Crippen LogP contribution in [0.2, 0.25) is 0 Å². The third-order valence-corrected chi connectivity index (χ3v) is 3.50. The molecule has 0 aliphatic carbocycles. The molecule has 0 atom stereocenters. The van der Waals surface area contributed by atoms with Gasteiger partial charge in [0.15, 0.2) is 0 Å². The Morgan fingerprint density at radius 2 is 2.00 bits per heavy atom. The van der Waals surface area contributed by atoms with E-state index >= 15 is 0 Å². The van der Waals surface area contributed by atoms with Crippen molar-refractivity contribution < 1.29 is 4.79 Å². The minimum absolute atomic E-state index is 0.0460. The van der Waals surface area contributed by atoms with Crippen molar-refractivity contribution in [2.45, 2.75) is 13.8 Å². The van der Waals surface area contributed by atoms with Gasteiger partial charge in [-0.15, -0.1) is 0 Å². The van der Waals surface area contributed by atoms with Gasteiger partial charge in [0.25, 0.3) is 0 Å². The summed E-state index contributed by atoms with van der Waals surface area (Å²) in [5.41, 5.74) is 2.67. The van der Waals surface area contributed by atoms with Crippen molar-refractivity contribution in [2.75, 3.05) is 29.1 Å². The van der Waals surface area contributed by atoms with E-state index in [1.165, 1.54) is 0 Å². The maximum absolute atomic E-state index is 11.9. The Morgan fingerprint density at radius 1 is 1.24 bits per heavy atom. The van der Waals surface area contributed by atoms with Crippen molar-refractivity contribution >= 4 is 28.9 Å². The molecule has 21 heavy (non-hydrogen) atoms. The maximum Gasteiger partial charge on any atom is 0.244 e. The van der Waals surface area contributed by atoms with Crippen LogP contribution in [0.25, 0.3) is 0 Å². The van der Waals surface area contributed by atoms with Gasteiger partial charge < -0.3 is 15.5 Å². The van der Waals surface area contributed by atoms with Gasteiger partial charge in [0.05, 0.1) is 11.4 Å². The largest absolute Gasteiger partial charge is 0.373 e. The Morgan fingerprint density at radius 3 is 2.76 bits per heavy atom. The van der Waals surface area contributed by atoms with Crippen LogP contribution in [0.5, 0.6) is 0 Å². The summed E-state index contributed by atoms with van der Waals surface area (Å²) < 4.78 is 0. The topological polar surface area (TPSA) is 70.2 Å². The predicted octanol–water partition coefficient (Wildman–Crippen LogP) is 2.23. The fourth-order valence-corrected chi connectivity index (χ4v) is 2.54. The van der Waals surface area contributed by atoms with Gasteiger partial charge in [-0.05, 0) is 26.0 Å². The highest BCUT2D eigenvalue weighted by atomic mass is 16.2. The highest BCUT2D eigenvalue weighted by molar-refractivity contribution is 6.03. The Bertz CT molecular complexity index is 713. The van der Waals surface area contributed by atoms with Crippen LogP contribution < -0.4 is 15.5 Å². The van der Waals surface area contributed by atoms with Gasteiger partial charge in [-0.1, -0.05) is 12.1 Å². The van der Waals surface area contributed by atoms with Crippen molar-refractivity contribution in [3.8, 4) is 0 Å². The third kappa shape index (κ3) is 2.29. The quantitative estimate of drug-likeness (QED) is 0.884. The van der Waals surface area contributed by atoms with E-state index in [9.17, 15) is 4.79 Å². The Hall–Kier alpha value is -2.63. The number of nitrogens with zero attached hydrogens (tertiary/aromatic N) is 3. The van der Waals surface area contributed by atoms with E-state index in [1.54, 1.807) is 0 Å². The SMILES string of the molecule is CNc1nc(C)nc(N2CC(=O)Nc3ccccc32)c1C. The first-order valence-electron chi connectivity index (χ1n) is 6.79. The van der Waals surface area contributed by atoms with E-state index in [0.717, 1.165) is 28.6 Å². The zero-order valence-corrected chi connectivity index (χ0v) is 12.3. The molecule has 0 radical (unpaired) electrons. The van der Waals surface area contributed by atoms with Crippen LogP contribution in [0.3, 0.4) is 0 Å². The number of carbonyl (C=O) groups is 1. The number of aryl methyl sites for hydroxylation is 1. The van der Waals surface area contributed by atoms with Gasteiger partial charge in [-0.3, -0.25) is 4.79 Å². The molecule has 0 saturated carbocycles. The number of benzene rings is 1. The molecule has 0 unspecified atom stereocenters. The summed E-state index contributed by atoms with van der Waals surface area (Å²) in [6.07, 6.45) is 0. The maximum atomic E-state index is 11.9. The second-order valence-electron chi connectivity index (χ2n) is 4.97. The molecule has 1 amide bonds. The second kappa shape index (κ2) is 5.05. The standard InChI is InChI=1S/C15H17N5O/c1-9-14(16-3)17-10(2)18-15(9)20-8-13(21)19-11-6-4-5-7-12(11)20/h4-7H,8H2,1-3H3,(H,19,21)(H,16,17,18). The molecular formula is C15H17N5O. The predicted molar refractivity (Wildman–Crippen MR) is 83.1 cm³/mol. The summed E-state index contributed by atoms with van der Waals surface area (Å²) >= 11 is 0. The van der Waals surface area contributed by atoms with E-state index in [1.807, 2.05) is 50.1 Å². The molecule has 0 spiro atoms. The van der Waals surface area contributed by atoms with Crippen molar-refractivity contribution in [1.82, 2.24) is 9.97 Å². The fourth-order valence-electron chi connectivity index (χ4n) is 2.54. The molecule has 1 aromatic heterocycles.